The van der Waals surface area contributed by atoms with Crippen LogP contribution in [-0.4, -0.2) is 53.2 Å². The standard InChI is InChI=1S/C28H32N2O5/c1-18-12-15-30(16-23(18)25(31)32)26(33)28(13-6-7-14-28)29-27(34)35-17-24-21-10-4-2-8-19(21)20-9-3-5-11-22(20)24/h2-5,8-11,18,23-24H,6-7,12-17H2,1H3,(H,29,34)(H,31,32). The van der Waals surface area contributed by atoms with Crippen molar-refractivity contribution >= 4 is 18.0 Å². The zero-order valence-electron chi connectivity index (χ0n) is 20.0. The number of rotatable bonds is 5. The molecule has 2 N–H and O–H groups in total. The maximum Gasteiger partial charge on any atom is 0.408 e. The van der Waals surface area contributed by atoms with Gasteiger partial charge in [-0.05, 0) is 47.4 Å². The van der Waals surface area contributed by atoms with Crippen LogP contribution in [0.25, 0.3) is 11.1 Å². The predicted octanol–water partition coefficient (Wildman–Crippen LogP) is 4.41. The van der Waals surface area contributed by atoms with Gasteiger partial charge in [0.2, 0.25) is 5.91 Å². The largest absolute Gasteiger partial charge is 0.481 e. The molecule has 2 unspecified atom stereocenters. The Hall–Kier alpha value is -3.35. The molecule has 1 saturated heterocycles. The smallest absolute Gasteiger partial charge is 0.408 e. The first-order valence-corrected chi connectivity index (χ1v) is 12.5. The second kappa shape index (κ2) is 9.36. The minimum atomic E-state index is -1.02. The molecule has 1 heterocycles. The van der Waals surface area contributed by atoms with Crippen LogP contribution >= 0.6 is 0 Å². The number of carbonyl (C=O) groups excluding carboxylic acids is 2. The summed E-state index contributed by atoms with van der Waals surface area (Å²) in [4.78, 5) is 39.9. The second-order valence-corrected chi connectivity index (χ2v) is 10.2. The fraction of sp³-hybridized carbons (Fsp3) is 0.464. The first-order valence-electron chi connectivity index (χ1n) is 12.5. The van der Waals surface area contributed by atoms with E-state index in [0.29, 0.717) is 25.8 Å². The van der Waals surface area contributed by atoms with Crippen LogP contribution in [0.3, 0.4) is 0 Å². The Balaban J connectivity index is 1.28. The summed E-state index contributed by atoms with van der Waals surface area (Å²) in [5, 5.41) is 12.5. The number of benzene rings is 2. The van der Waals surface area contributed by atoms with Crippen LogP contribution in [0.5, 0.6) is 0 Å². The molecule has 2 aromatic carbocycles. The van der Waals surface area contributed by atoms with Crippen molar-refractivity contribution in [3.63, 3.8) is 0 Å². The molecule has 35 heavy (non-hydrogen) atoms. The minimum Gasteiger partial charge on any atom is -0.481 e. The quantitative estimate of drug-likeness (QED) is 0.667. The maximum absolute atomic E-state index is 13.6. The zero-order chi connectivity index (χ0) is 24.6. The molecule has 2 aliphatic carbocycles. The van der Waals surface area contributed by atoms with E-state index in [9.17, 15) is 19.5 Å². The van der Waals surface area contributed by atoms with E-state index < -0.39 is 23.5 Å². The minimum absolute atomic E-state index is 0.0196. The topological polar surface area (TPSA) is 95.9 Å². The Kier molecular flexibility index (Phi) is 6.26. The number of nitrogens with one attached hydrogen (secondary N) is 1. The molecular formula is C28H32N2O5. The van der Waals surface area contributed by atoms with Crippen molar-refractivity contribution in [3.05, 3.63) is 59.7 Å². The molecule has 0 radical (unpaired) electrons. The van der Waals surface area contributed by atoms with Gasteiger partial charge in [0.15, 0.2) is 0 Å². The molecule has 2 amide bonds. The number of amides is 2. The lowest BCUT2D eigenvalue weighted by atomic mass is 9.85. The van der Waals surface area contributed by atoms with Crippen LogP contribution in [0.15, 0.2) is 48.5 Å². The first kappa shape index (κ1) is 23.4. The Morgan fingerprint density at radius 3 is 2.23 bits per heavy atom. The summed E-state index contributed by atoms with van der Waals surface area (Å²) in [7, 11) is 0. The maximum atomic E-state index is 13.6. The number of alkyl carbamates (subject to hydrolysis) is 1. The number of aliphatic carboxylic acids is 1. The van der Waals surface area contributed by atoms with E-state index in [4.69, 9.17) is 4.74 Å². The lowest BCUT2D eigenvalue weighted by Crippen LogP contribution is -2.60. The fourth-order valence-corrected chi connectivity index (χ4v) is 6.08. The number of ether oxygens (including phenoxy) is 1. The lowest BCUT2D eigenvalue weighted by molar-refractivity contribution is -0.150. The molecule has 2 atom stereocenters. The fourth-order valence-electron chi connectivity index (χ4n) is 6.08. The molecule has 1 saturated carbocycles. The van der Waals surface area contributed by atoms with Gasteiger partial charge in [0.1, 0.15) is 12.1 Å². The first-order chi connectivity index (χ1) is 16.9. The number of carboxylic acids is 1. The SMILES string of the molecule is CC1CCN(C(=O)C2(NC(=O)OCC3c4ccccc4-c4ccccc43)CCCC2)CC1C(=O)O. The number of nitrogens with zero attached hydrogens (tertiary/aromatic N) is 1. The summed E-state index contributed by atoms with van der Waals surface area (Å²) in [5.74, 6) is -1.67. The predicted molar refractivity (Wildman–Crippen MR) is 131 cm³/mol. The summed E-state index contributed by atoms with van der Waals surface area (Å²) in [6.45, 7) is 2.80. The van der Waals surface area contributed by atoms with E-state index in [1.807, 2.05) is 31.2 Å². The molecule has 0 spiro atoms. The summed E-state index contributed by atoms with van der Waals surface area (Å²) in [6, 6.07) is 16.3. The van der Waals surface area contributed by atoms with E-state index in [-0.39, 0.29) is 30.9 Å². The third kappa shape index (κ3) is 4.28. The molecule has 1 aliphatic heterocycles. The third-order valence-corrected chi connectivity index (χ3v) is 8.11. The molecule has 3 aliphatic rings. The van der Waals surface area contributed by atoms with E-state index in [1.54, 1.807) is 4.90 Å². The number of hydrogen-bond donors (Lipinski definition) is 2. The molecule has 2 fully saturated rings. The van der Waals surface area contributed by atoms with Crippen LogP contribution in [0.1, 0.15) is 56.1 Å². The van der Waals surface area contributed by atoms with Crippen LogP contribution in [0.4, 0.5) is 4.79 Å². The summed E-state index contributed by atoms with van der Waals surface area (Å²) in [6.07, 6.45) is 2.80. The van der Waals surface area contributed by atoms with Crippen LogP contribution in [0.2, 0.25) is 0 Å². The van der Waals surface area contributed by atoms with Crippen molar-refractivity contribution in [3.8, 4) is 11.1 Å². The number of likely N-dealkylation sites (tertiary alicyclic amines) is 1. The highest BCUT2D eigenvalue weighted by atomic mass is 16.5. The van der Waals surface area contributed by atoms with E-state index >= 15 is 0 Å². The van der Waals surface area contributed by atoms with Gasteiger partial charge in [-0.25, -0.2) is 4.79 Å². The second-order valence-electron chi connectivity index (χ2n) is 10.2. The highest BCUT2D eigenvalue weighted by Gasteiger charge is 2.47. The summed E-state index contributed by atoms with van der Waals surface area (Å²) < 4.78 is 5.73. The average molecular weight is 477 g/mol. The molecule has 7 heteroatoms. The van der Waals surface area contributed by atoms with Gasteiger partial charge >= 0.3 is 12.1 Å². The molecule has 0 aromatic heterocycles. The highest BCUT2D eigenvalue weighted by Crippen LogP contribution is 2.44. The van der Waals surface area contributed by atoms with Gasteiger partial charge in [0.05, 0.1) is 5.92 Å². The number of carbonyl (C=O) groups is 3. The van der Waals surface area contributed by atoms with Gasteiger partial charge in [-0.1, -0.05) is 68.3 Å². The highest BCUT2D eigenvalue weighted by molar-refractivity contribution is 5.91. The van der Waals surface area contributed by atoms with Crippen molar-refractivity contribution < 1.29 is 24.2 Å². The van der Waals surface area contributed by atoms with E-state index in [2.05, 4.69) is 29.6 Å². The van der Waals surface area contributed by atoms with E-state index in [1.165, 1.54) is 0 Å². The number of hydrogen-bond acceptors (Lipinski definition) is 4. The van der Waals surface area contributed by atoms with Gasteiger partial charge in [-0.3, -0.25) is 9.59 Å². The van der Waals surface area contributed by atoms with Crippen molar-refractivity contribution in [1.29, 1.82) is 0 Å². The molecule has 5 rings (SSSR count). The molecule has 0 bridgehead atoms. The number of fused-ring (bicyclic) bond motifs is 3. The average Bonchev–Trinajstić information content (AvgIpc) is 3.46. The van der Waals surface area contributed by atoms with Crippen LogP contribution in [0, 0.1) is 11.8 Å². The van der Waals surface area contributed by atoms with E-state index in [0.717, 1.165) is 35.1 Å². The van der Waals surface area contributed by atoms with Crippen molar-refractivity contribution in [1.82, 2.24) is 10.2 Å². The monoisotopic (exact) mass is 476 g/mol. The van der Waals surface area contributed by atoms with Gasteiger partial charge in [0.25, 0.3) is 0 Å². The lowest BCUT2D eigenvalue weighted by Gasteiger charge is -2.40. The Bertz CT molecular complexity index is 1090. The van der Waals surface area contributed by atoms with Crippen LogP contribution in [-0.2, 0) is 14.3 Å². The van der Waals surface area contributed by atoms with Gasteiger partial charge < -0.3 is 20.1 Å². The Morgan fingerprint density at radius 1 is 1.03 bits per heavy atom. The summed E-state index contributed by atoms with van der Waals surface area (Å²) in [5.41, 5.74) is 3.57. The molecular weight excluding hydrogens is 444 g/mol. The van der Waals surface area contributed by atoms with Gasteiger partial charge in [-0.15, -0.1) is 0 Å². The Labute approximate surface area is 205 Å². The van der Waals surface area contributed by atoms with Crippen molar-refractivity contribution in [2.24, 2.45) is 11.8 Å². The van der Waals surface area contributed by atoms with Crippen molar-refractivity contribution in [2.45, 2.75) is 50.5 Å². The Morgan fingerprint density at radius 2 is 1.63 bits per heavy atom. The molecule has 2 aromatic rings. The third-order valence-electron chi connectivity index (χ3n) is 8.11. The normalized spacial score (nSPS) is 22.8. The number of piperidine rings is 1. The van der Waals surface area contributed by atoms with Crippen LogP contribution < -0.4 is 5.32 Å². The molecule has 184 valence electrons. The van der Waals surface area contributed by atoms with Crippen molar-refractivity contribution in [2.75, 3.05) is 19.7 Å². The number of carboxylic acid groups (broad SMARTS) is 1. The van der Waals surface area contributed by atoms with Gasteiger partial charge in [-0.2, -0.15) is 0 Å². The summed E-state index contributed by atoms with van der Waals surface area (Å²) >= 11 is 0. The zero-order valence-corrected chi connectivity index (χ0v) is 20.0. The molecule has 7 nitrogen and oxygen atoms in total. The van der Waals surface area contributed by atoms with Gasteiger partial charge in [0, 0.05) is 19.0 Å².